The van der Waals surface area contributed by atoms with Crippen molar-refractivity contribution in [3.8, 4) is 11.3 Å². The molecule has 2 N–H and O–H groups in total. The molecule has 3 rings (SSSR count). The summed E-state index contributed by atoms with van der Waals surface area (Å²) in [6.07, 6.45) is 1.19. The number of likely N-dealkylation sites (N-methyl/N-ethyl adjacent to an activating group) is 1. The lowest BCUT2D eigenvalue weighted by Crippen LogP contribution is -2.44. The van der Waals surface area contributed by atoms with Gasteiger partial charge in [0.1, 0.15) is 5.82 Å². The summed E-state index contributed by atoms with van der Waals surface area (Å²) in [5.41, 5.74) is 7.38. The van der Waals surface area contributed by atoms with E-state index >= 15 is 0 Å². The molecule has 1 fully saturated rings. The van der Waals surface area contributed by atoms with Crippen molar-refractivity contribution < 1.29 is 8.42 Å². The van der Waals surface area contributed by atoms with Crippen molar-refractivity contribution in [1.82, 2.24) is 14.9 Å². The molecule has 1 aromatic heterocycles. The third kappa shape index (κ3) is 3.65. The fourth-order valence-electron chi connectivity index (χ4n) is 2.67. The Hall–Kier alpha value is -2.19. The molecule has 24 heavy (non-hydrogen) atoms. The van der Waals surface area contributed by atoms with Crippen molar-refractivity contribution in [3.05, 3.63) is 30.3 Å². The van der Waals surface area contributed by atoms with E-state index in [1.807, 2.05) is 6.07 Å². The van der Waals surface area contributed by atoms with Crippen LogP contribution in [0, 0.1) is 0 Å². The quantitative estimate of drug-likeness (QED) is 0.881. The van der Waals surface area contributed by atoms with Crippen molar-refractivity contribution >= 4 is 21.6 Å². The molecule has 0 amide bonds. The second kappa shape index (κ2) is 6.37. The van der Waals surface area contributed by atoms with Crippen LogP contribution < -0.4 is 10.6 Å². The average Bonchev–Trinajstić information content (AvgIpc) is 2.54. The number of hydrogen-bond acceptors (Lipinski definition) is 7. The number of piperazine rings is 1. The first kappa shape index (κ1) is 16.7. The molecular formula is C16H21N5O2S. The summed E-state index contributed by atoms with van der Waals surface area (Å²) in [5, 5.41) is 0. The van der Waals surface area contributed by atoms with Gasteiger partial charge in [-0.2, -0.15) is 4.98 Å². The number of anilines is 2. The van der Waals surface area contributed by atoms with E-state index in [-0.39, 0.29) is 10.8 Å². The first-order chi connectivity index (χ1) is 11.3. The molecule has 1 aromatic carbocycles. The number of sulfone groups is 1. The second-order valence-electron chi connectivity index (χ2n) is 6.06. The van der Waals surface area contributed by atoms with Crippen LogP contribution in [-0.4, -0.2) is 62.8 Å². The van der Waals surface area contributed by atoms with Crippen LogP contribution >= 0.6 is 0 Å². The Morgan fingerprint density at radius 2 is 1.67 bits per heavy atom. The minimum atomic E-state index is -3.21. The molecule has 7 nitrogen and oxygen atoms in total. The maximum atomic E-state index is 11.6. The standard InChI is InChI=1S/C16H21N5O2S/c1-20-7-9-21(10-8-20)15-11-14(18-16(17)19-15)12-3-5-13(6-4-12)24(2,22)23/h3-6,11H,7-10H2,1-2H3,(H2,17,18,19). The lowest BCUT2D eigenvalue weighted by Gasteiger charge is -2.33. The normalized spacial score (nSPS) is 16.3. The van der Waals surface area contributed by atoms with E-state index < -0.39 is 9.84 Å². The second-order valence-corrected chi connectivity index (χ2v) is 8.07. The number of benzene rings is 1. The third-order valence-electron chi connectivity index (χ3n) is 4.14. The monoisotopic (exact) mass is 347 g/mol. The molecule has 1 saturated heterocycles. The molecule has 1 aliphatic heterocycles. The number of nitrogens with two attached hydrogens (primary N) is 1. The molecule has 0 saturated carbocycles. The van der Waals surface area contributed by atoms with E-state index in [4.69, 9.17) is 5.73 Å². The van der Waals surface area contributed by atoms with Gasteiger partial charge in [0, 0.05) is 44.1 Å². The molecule has 0 radical (unpaired) electrons. The molecule has 128 valence electrons. The van der Waals surface area contributed by atoms with E-state index in [2.05, 4.69) is 26.8 Å². The highest BCUT2D eigenvalue weighted by Crippen LogP contribution is 2.24. The van der Waals surface area contributed by atoms with Crippen LogP contribution in [-0.2, 0) is 9.84 Å². The van der Waals surface area contributed by atoms with Gasteiger partial charge in [-0.1, -0.05) is 12.1 Å². The van der Waals surface area contributed by atoms with Gasteiger partial charge in [0.2, 0.25) is 5.95 Å². The summed E-state index contributed by atoms with van der Waals surface area (Å²) >= 11 is 0. The van der Waals surface area contributed by atoms with Gasteiger partial charge in [-0.05, 0) is 19.2 Å². The highest BCUT2D eigenvalue weighted by molar-refractivity contribution is 7.90. The third-order valence-corrected chi connectivity index (χ3v) is 5.26. The van der Waals surface area contributed by atoms with Crippen molar-refractivity contribution in [2.75, 3.05) is 50.1 Å². The highest BCUT2D eigenvalue weighted by atomic mass is 32.2. The van der Waals surface area contributed by atoms with Crippen LogP contribution in [0.25, 0.3) is 11.3 Å². The fourth-order valence-corrected chi connectivity index (χ4v) is 3.30. The van der Waals surface area contributed by atoms with E-state index in [0.29, 0.717) is 5.69 Å². The van der Waals surface area contributed by atoms with Gasteiger partial charge in [-0.25, -0.2) is 13.4 Å². The van der Waals surface area contributed by atoms with Crippen LogP contribution in [0.3, 0.4) is 0 Å². The van der Waals surface area contributed by atoms with E-state index in [0.717, 1.165) is 37.6 Å². The minimum Gasteiger partial charge on any atom is -0.368 e. The lowest BCUT2D eigenvalue weighted by molar-refractivity contribution is 0.312. The Kier molecular flexibility index (Phi) is 4.42. The lowest BCUT2D eigenvalue weighted by atomic mass is 10.1. The van der Waals surface area contributed by atoms with Gasteiger partial charge < -0.3 is 15.5 Å². The van der Waals surface area contributed by atoms with E-state index in [1.165, 1.54) is 6.26 Å². The summed E-state index contributed by atoms with van der Waals surface area (Å²) in [7, 11) is -1.11. The van der Waals surface area contributed by atoms with Crippen LogP contribution in [0.2, 0.25) is 0 Å². The summed E-state index contributed by atoms with van der Waals surface area (Å²) in [6.45, 7) is 3.73. The zero-order valence-corrected chi connectivity index (χ0v) is 14.6. The van der Waals surface area contributed by atoms with Gasteiger partial charge in [0.25, 0.3) is 0 Å². The van der Waals surface area contributed by atoms with Crippen molar-refractivity contribution in [2.24, 2.45) is 0 Å². The van der Waals surface area contributed by atoms with Gasteiger partial charge in [0.15, 0.2) is 9.84 Å². The number of nitrogen functional groups attached to an aromatic ring is 1. The SMILES string of the molecule is CN1CCN(c2cc(-c3ccc(S(C)(=O)=O)cc3)nc(N)n2)CC1. The number of rotatable bonds is 3. The number of aromatic nitrogens is 2. The Bertz CT molecular complexity index is 828. The van der Waals surface area contributed by atoms with Crippen molar-refractivity contribution in [3.63, 3.8) is 0 Å². The maximum Gasteiger partial charge on any atom is 0.222 e. The van der Waals surface area contributed by atoms with Gasteiger partial charge in [-0.3, -0.25) is 0 Å². The van der Waals surface area contributed by atoms with E-state index in [9.17, 15) is 8.42 Å². The van der Waals surface area contributed by atoms with Crippen LogP contribution in [0.5, 0.6) is 0 Å². The van der Waals surface area contributed by atoms with E-state index in [1.54, 1.807) is 24.3 Å². The Balaban J connectivity index is 1.91. The first-order valence-corrected chi connectivity index (χ1v) is 9.60. The predicted molar refractivity (Wildman–Crippen MR) is 94.7 cm³/mol. The minimum absolute atomic E-state index is 0.216. The molecule has 8 heteroatoms. The molecule has 0 bridgehead atoms. The molecule has 2 aromatic rings. The van der Waals surface area contributed by atoms with Crippen LogP contribution in [0.15, 0.2) is 35.2 Å². The summed E-state index contributed by atoms with van der Waals surface area (Å²) < 4.78 is 23.1. The number of nitrogens with zero attached hydrogens (tertiary/aromatic N) is 4. The molecule has 0 atom stereocenters. The Labute approximate surface area is 142 Å². The summed E-state index contributed by atoms with van der Waals surface area (Å²) in [6, 6.07) is 8.55. The van der Waals surface area contributed by atoms with Crippen molar-refractivity contribution in [2.45, 2.75) is 4.90 Å². The molecule has 0 aliphatic carbocycles. The molecule has 0 unspecified atom stereocenters. The molecule has 0 spiro atoms. The zero-order chi connectivity index (χ0) is 17.3. The van der Waals surface area contributed by atoms with Crippen molar-refractivity contribution in [1.29, 1.82) is 0 Å². The topological polar surface area (TPSA) is 92.4 Å². The average molecular weight is 347 g/mol. The Morgan fingerprint density at radius 1 is 1.04 bits per heavy atom. The smallest absolute Gasteiger partial charge is 0.222 e. The molecule has 2 heterocycles. The van der Waals surface area contributed by atoms with Gasteiger partial charge in [0.05, 0.1) is 10.6 Å². The molecular weight excluding hydrogens is 326 g/mol. The number of hydrogen-bond donors (Lipinski definition) is 1. The zero-order valence-electron chi connectivity index (χ0n) is 13.8. The highest BCUT2D eigenvalue weighted by Gasteiger charge is 2.17. The predicted octanol–water partition coefficient (Wildman–Crippen LogP) is 0.881. The first-order valence-electron chi connectivity index (χ1n) is 7.71. The van der Waals surface area contributed by atoms with Crippen LogP contribution in [0.4, 0.5) is 11.8 Å². The summed E-state index contributed by atoms with van der Waals surface area (Å²) in [5.74, 6) is 1.02. The van der Waals surface area contributed by atoms with Gasteiger partial charge >= 0.3 is 0 Å². The van der Waals surface area contributed by atoms with Gasteiger partial charge in [-0.15, -0.1) is 0 Å². The molecule has 1 aliphatic rings. The largest absolute Gasteiger partial charge is 0.368 e. The summed E-state index contributed by atoms with van der Waals surface area (Å²) in [4.78, 5) is 13.4. The maximum absolute atomic E-state index is 11.6. The Morgan fingerprint density at radius 3 is 2.25 bits per heavy atom. The fraction of sp³-hybridized carbons (Fsp3) is 0.375. The van der Waals surface area contributed by atoms with Crippen LogP contribution in [0.1, 0.15) is 0 Å².